The summed E-state index contributed by atoms with van der Waals surface area (Å²) >= 11 is 0. The Balaban J connectivity index is 2.31. The molecule has 1 rings (SSSR count). The maximum absolute atomic E-state index is 10.7. The van der Waals surface area contributed by atoms with E-state index in [-0.39, 0.29) is 12.1 Å². The summed E-state index contributed by atoms with van der Waals surface area (Å²) in [4.78, 5) is 19.7. The third-order valence-corrected chi connectivity index (χ3v) is 3.33. The molecule has 0 atom stereocenters. The molecule has 12 heavy (non-hydrogen) atoms. The molecule has 0 radical (unpaired) electrons. The van der Waals surface area contributed by atoms with Crippen molar-refractivity contribution in [2.45, 2.75) is 12.8 Å². The minimum absolute atomic E-state index is 0.0703. The second kappa shape index (κ2) is 3.88. The topological polar surface area (TPSA) is 60.8 Å². The molecule has 72 valence electrons. The van der Waals surface area contributed by atoms with Gasteiger partial charge in [-0.3, -0.25) is 4.57 Å². The van der Waals surface area contributed by atoms with Gasteiger partial charge in [0.25, 0.3) is 0 Å². The van der Waals surface area contributed by atoms with Crippen LogP contribution in [0.15, 0.2) is 0 Å². The van der Waals surface area contributed by atoms with Crippen LogP contribution in [0.1, 0.15) is 12.8 Å². The van der Waals surface area contributed by atoms with Crippen LogP contribution in [0.2, 0.25) is 0 Å². The average Bonchev–Trinajstić information content (AvgIpc) is 1.91. The zero-order chi connectivity index (χ0) is 9.19. The Morgan fingerprint density at radius 2 is 1.92 bits per heavy atom. The van der Waals surface area contributed by atoms with Crippen molar-refractivity contribution in [3.63, 3.8) is 0 Å². The third-order valence-electron chi connectivity index (χ3n) is 2.33. The normalized spacial score (nSPS) is 22.9. The lowest BCUT2D eigenvalue weighted by Gasteiger charge is -2.28. The van der Waals surface area contributed by atoms with Gasteiger partial charge in [0.2, 0.25) is 0 Å². The molecule has 0 amide bonds. The predicted molar refractivity (Wildman–Crippen MR) is 47.1 cm³/mol. The summed E-state index contributed by atoms with van der Waals surface area (Å²) in [6, 6.07) is 0. The molecule has 2 N–H and O–H groups in total. The molecule has 0 aromatic heterocycles. The minimum Gasteiger partial charge on any atom is -0.324 e. The van der Waals surface area contributed by atoms with Gasteiger partial charge in [0, 0.05) is 0 Å². The first-order valence-electron chi connectivity index (χ1n) is 4.20. The van der Waals surface area contributed by atoms with E-state index in [1.54, 1.807) is 0 Å². The Hall–Kier alpha value is 0.110. The van der Waals surface area contributed by atoms with Crippen molar-refractivity contribution in [3.05, 3.63) is 0 Å². The first-order chi connectivity index (χ1) is 5.47. The lowest BCUT2D eigenvalue weighted by Crippen LogP contribution is -2.31. The van der Waals surface area contributed by atoms with Gasteiger partial charge in [0.05, 0.1) is 6.16 Å². The van der Waals surface area contributed by atoms with E-state index in [1.165, 1.54) is 0 Å². The van der Waals surface area contributed by atoms with E-state index in [1.807, 2.05) is 7.05 Å². The Bertz CT molecular complexity index is 183. The summed E-state index contributed by atoms with van der Waals surface area (Å²) in [5.74, 6) is 0.224. The van der Waals surface area contributed by atoms with Crippen molar-refractivity contribution < 1.29 is 14.4 Å². The molecule has 0 bridgehead atoms. The fourth-order valence-electron chi connectivity index (χ4n) is 1.58. The highest BCUT2D eigenvalue weighted by Gasteiger charge is 2.24. The van der Waals surface area contributed by atoms with E-state index < -0.39 is 7.60 Å². The van der Waals surface area contributed by atoms with Crippen LogP contribution in [0.5, 0.6) is 0 Å². The van der Waals surface area contributed by atoms with Gasteiger partial charge in [0.1, 0.15) is 0 Å². The smallest absolute Gasteiger partial charge is 0.324 e. The first kappa shape index (κ1) is 10.2. The van der Waals surface area contributed by atoms with Crippen molar-refractivity contribution in [1.82, 2.24) is 4.90 Å². The monoisotopic (exact) mass is 193 g/mol. The third kappa shape index (κ3) is 3.68. The standard InChI is InChI=1S/C7H16NO3P/c1-8-4-2-7(3-5-8)6-12(9,10)11/h7H,2-6H2,1H3,(H2,9,10,11). The second-order valence-electron chi connectivity index (χ2n) is 3.59. The highest BCUT2D eigenvalue weighted by Crippen LogP contribution is 2.39. The zero-order valence-electron chi connectivity index (χ0n) is 7.31. The molecule has 0 spiro atoms. The molecule has 4 nitrogen and oxygen atoms in total. The lowest BCUT2D eigenvalue weighted by atomic mass is 10.00. The molecule has 1 heterocycles. The van der Waals surface area contributed by atoms with Gasteiger partial charge in [-0.05, 0) is 38.9 Å². The van der Waals surface area contributed by atoms with Crippen molar-refractivity contribution in [2.24, 2.45) is 5.92 Å². The van der Waals surface area contributed by atoms with Crippen molar-refractivity contribution in [1.29, 1.82) is 0 Å². The Morgan fingerprint density at radius 1 is 1.42 bits per heavy atom. The summed E-state index contributed by atoms with van der Waals surface area (Å²) in [7, 11) is -1.74. The number of piperidine rings is 1. The molecule has 0 aromatic carbocycles. The molecule has 1 aliphatic heterocycles. The zero-order valence-corrected chi connectivity index (χ0v) is 8.20. The van der Waals surface area contributed by atoms with Gasteiger partial charge in [0.15, 0.2) is 0 Å². The molecule has 1 aliphatic rings. The van der Waals surface area contributed by atoms with Crippen LogP contribution in [0, 0.1) is 5.92 Å². The van der Waals surface area contributed by atoms with Gasteiger partial charge in [-0.15, -0.1) is 0 Å². The van der Waals surface area contributed by atoms with E-state index in [0.717, 1.165) is 25.9 Å². The van der Waals surface area contributed by atoms with Crippen LogP contribution in [0.25, 0.3) is 0 Å². The number of rotatable bonds is 2. The number of nitrogens with zero attached hydrogens (tertiary/aromatic N) is 1. The maximum atomic E-state index is 10.7. The number of hydrogen-bond donors (Lipinski definition) is 2. The van der Waals surface area contributed by atoms with Gasteiger partial charge < -0.3 is 14.7 Å². The van der Waals surface area contributed by atoms with Crippen LogP contribution in [-0.2, 0) is 4.57 Å². The summed E-state index contributed by atoms with van der Waals surface area (Å²) in [6.07, 6.45) is 1.91. The van der Waals surface area contributed by atoms with Crippen LogP contribution >= 0.6 is 7.60 Å². The fourth-order valence-corrected chi connectivity index (χ4v) is 2.62. The van der Waals surface area contributed by atoms with Gasteiger partial charge in [-0.25, -0.2) is 0 Å². The highest BCUT2D eigenvalue weighted by atomic mass is 31.2. The Morgan fingerprint density at radius 3 is 2.33 bits per heavy atom. The largest absolute Gasteiger partial charge is 0.325 e. The molecule has 0 unspecified atom stereocenters. The number of likely N-dealkylation sites (tertiary alicyclic amines) is 1. The van der Waals surface area contributed by atoms with Crippen molar-refractivity contribution in [2.75, 3.05) is 26.3 Å². The maximum Gasteiger partial charge on any atom is 0.325 e. The van der Waals surface area contributed by atoms with E-state index in [4.69, 9.17) is 9.79 Å². The molecule has 0 aliphatic carbocycles. The highest BCUT2D eigenvalue weighted by molar-refractivity contribution is 7.51. The predicted octanol–water partition coefficient (Wildman–Crippen LogP) is 0.506. The Labute approximate surface area is 72.7 Å². The van der Waals surface area contributed by atoms with E-state index in [2.05, 4.69) is 4.90 Å². The molecule has 1 fully saturated rings. The van der Waals surface area contributed by atoms with Gasteiger partial charge in [-0.1, -0.05) is 0 Å². The van der Waals surface area contributed by atoms with E-state index >= 15 is 0 Å². The van der Waals surface area contributed by atoms with E-state index in [9.17, 15) is 4.57 Å². The second-order valence-corrected chi connectivity index (χ2v) is 5.29. The SMILES string of the molecule is CN1CCC(CP(=O)(O)O)CC1. The van der Waals surface area contributed by atoms with Gasteiger partial charge in [-0.2, -0.15) is 0 Å². The van der Waals surface area contributed by atoms with Crippen LogP contribution in [0.4, 0.5) is 0 Å². The van der Waals surface area contributed by atoms with E-state index in [0.29, 0.717) is 0 Å². The quantitative estimate of drug-likeness (QED) is 0.627. The van der Waals surface area contributed by atoms with Gasteiger partial charge >= 0.3 is 7.60 Å². The van der Waals surface area contributed by atoms with Crippen LogP contribution in [0.3, 0.4) is 0 Å². The van der Waals surface area contributed by atoms with Crippen LogP contribution < -0.4 is 0 Å². The molecular formula is C7H16NO3P. The summed E-state index contributed by atoms with van der Waals surface area (Å²) in [5.41, 5.74) is 0. The molecular weight excluding hydrogens is 177 g/mol. The summed E-state index contributed by atoms with van der Waals surface area (Å²) in [5, 5.41) is 0. The summed E-state index contributed by atoms with van der Waals surface area (Å²) < 4.78 is 10.7. The van der Waals surface area contributed by atoms with Crippen molar-refractivity contribution in [3.8, 4) is 0 Å². The molecule has 0 aromatic rings. The fraction of sp³-hybridized carbons (Fsp3) is 1.00. The lowest BCUT2D eigenvalue weighted by molar-refractivity contribution is 0.225. The van der Waals surface area contributed by atoms with Crippen LogP contribution in [-0.4, -0.2) is 41.0 Å². The molecule has 5 heteroatoms. The Kier molecular flexibility index (Phi) is 3.29. The summed E-state index contributed by atoms with van der Waals surface area (Å²) in [6.45, 7) is 1.93. The molecule has 1 saturated heterocycles. The first-order valence-corrected chi connectivity index (χ1v) is 6.00. The molecule has 0 saturated carbocycles. The van der Waals surface area contributed by atoms with Crippen molar-refractivity contribution >= 4 is 7.60 Å². The number of hydrogen-bond acceptors (Lipinski definition) is 2. The minimum atomic E-state index is -3.77. The average molecular weight is 193 g/mol.